The minimum atomic E-state index is 0.750. The SMILES string of the molecule is [O-][N+]1=C(c2ccccc2)/C(=C/c2ccccc2)CCC/C=C\1. The van der Waals surface area contributed by atoms with Gasteiger partial charge in [-0.05, 0) is 49.1 Å². The molecule has 0 fully saturated rings. The van der Waals surface area contributed by atoms with E-state index in [1.54, 1.807) is 6.20 Å². The fourth-order valence-electron chi connectivity index (χ4n) is 2.71. The van der Waals surface area contributed by atoms with Gasteiger partial charge in [-0.2, -0.15) is 4.74 Å². The van der Waals surface area contributed by atoms with Crippen LogP contribution >= 0.6 is 0 Å². The summed E-state index contributed by atoms with van der Waals surface area (Å²) in [7, 11) is 0. The summed E-state index contributed by atoms with van der Waals surface area (Å²) >= 11 is 0. The normalized spacial score (nSPS) is 22.1. The van der Waals surface area contributed by atoms with Crippen LogP contribution in [0.5, 0.6) is 0 Å². The highest BCUT2D eigenvalue weighted by Crippen LogP contribution is 2.21. The lowest BCUT2D eigenvalue weighted by molar-refractivity contribution is -0.377. The van der Waals surface area contributed by atoms with E-state index >= 15 is 0 Å². The van der Waals surface area contributed by atoms with Gasteiger partial charge in [-0.25, -0.2) is 0 Å². The number of rotatable bonds is 2. The standard InChI is InChI=1S/C20H19NO/c22-21-15-9-3-8-14-19(16-17-10-4-1-5-11-17)20(21)18-12-6-2-7-13-18/h1-2,4-7,9-13,15-16H,3,8,14H2/b15-9-,19-16+,21-20+. The monoisotopic (exact) mass is 289 g/mol. The molecule has 2 aromatic rings. The van der Waals surface area contributed by atoms with Gasteiger partial charge in [-0.15, -0.1) is 0 Å². The Hall–Kier alpha value is -2.61. The van der Waals surface area contributed by atoms with Crippen molar-refractivity contribution in [1.29, 1.82) is 0 Å². The van der Waals surface area contributed by atoms with Crippen molar-refractivity contribution in [3.05, 3.63) is 94.8 Å². The Labute approximate surface area is 131 Å². The lowest BCUT2D eigenvalue weighted by atomic mass is 9.95. The average Bonchev–Trinajstić information content (AvgIpc) is 2.55. The fourth-order valence-corrected chi connectivity index (χ4v) is 2.71. The van der Waals surface area contributed by atoms with E-state index in [0.717, 1.165) is 46.4 Å². The minimum Gasteiger partial charge on any atom is -0.618 e. The Morgan fingerprint density at radius 2 is 1.59 bits per heavy atom. The molecule has 0 atom stereocenters. The second kappa shape index (κ2) is 6.90. The molecule has 22 heavy (non-hydrogen) atoms. The molecule has 3 rings (SSSR count). The molecule has 110 valence electrons. The van der Waals surface area contributed by atoms with E-state index in [2.05, 4.69) is 18.2 Å². The molecule has 0 bridgehead atoms. The van der Waals surface area contributed by atoms with Crippen molar-refractivity contribution in [2.45, 2.75) is 19.3 Å². The number of allylic oxidation sites excluding steroid dienone is 2. The number of benzene rings is 2. The van der Waals surface area contributed by atoms with Gasteiger partial charge in [0.15, 0.2) is 6.20 Å². The Morgan fingerprint density at radius 1 is 0.909 bits per heavy atom. The Kier molecular flexibility index (Phi) is 4.50. The fraction of sp³-hybridized carbons (Fsp3) is 0.150. The molecule has 0 aliphatic carbocycles. The van der Waals surface area contributed by atoms with Crippen LogP contribution in [0.2, 0.25) is 0 Å². The van der Waals surface area contributed by atoms with Crippen molar-refractivity contribution in [2.24, 2.45) is 0 Å². The van der Waals surface area contributed by atoms with Crippen LogP contribution in [0, 0.1) is 5.21 Å². The van der Waals surface area contributed by atoms with Crippen LogP contribution in [-0.4, -0.2) is 10.5 Å². The molecular weight excluding hydrogens is 270 g/mol. The van der Waals surface area contributed by atoms with E-state index < -0.39 is 0 Å². The Bertz CT molecular complexity index is 712. The van der Waals surface area contributed by atoms with Crippen LogP contribution in [0.1, 0.15) is 30.4 Å². The lowest BCUT2D eigenvalue weighted by Crippen LogP contribution is -2.17. The average molecular weight is 289 g/mol. The second-order valence-electron chi connectivity index (χ2n) is 5.40. The summed E-state index contributed by atoms with van der Waals surface area (Å²) in [6.45, 7) is 0. The molecule has 0 N–H and O–H groups in total. The summed E-state index contributed by atoms with van der Waals surface area (Å²) in [5.41, 5.74) is 3.94. The van der Waals surface area contributed by atoms with Crippen LogP contribution in [0.25, 0.3) is 6.08 Å². The summed E-state index contributed by atoms with van der Waals surface area (Å²) < 4.78 is 1.00. The van der Waals surface area contributed by atoms with E-state index in [1.807, 2.05) is 54.6 Å². The van der Waals surface area contributed by atoms with Crippen molar-refractivity contribution in [1.82, 2.24) is 0 Å². The summed E-state index contributed by atoms with van der Waals surface area (Å²) in [5.74, 6) is 0. The summed E-state index contributed by atoms with van der Waals surface area (Å²) in [5, 5.41) is 12.5. The lowest BCUT2D eigenvalue weighted by Gasteiger charge is -2.14. The zero-order valence-corrected chi connectivity index (χ0v) is 12.5. The smallest absolute Gasteiger partial charge is 0.226 e. The molecule has 0 amide bonds. The van der Waals surface area contributed by atoms with Crippen molar-refractivity contribution in [2.75, 3.05) is 0 Å². The maximum Gasteiger partial charge on any atom is 0.226 e. The van der Waals surface area contributed by atoms with Gasteiger partial charge in [0.2, 0.25) is 5.71 Å². The summed E-state index contributed by atoms with van der Waals surface area (Å²) in [6, 6.07) is 20.1. The van der Waals surface area contributed by atoms with E-state index in [0.29, 0.717) is 0 Å². The highest BCUT2D eigenvalue weighted by Gasteiger charge is 2.19. The van der Waals surface area contributed by atoms with Gasteiger partial charge in [0, 0.05) is 11.1 Å². The number of nitrogens with zero attached hydrogens (tertiary/aromatic N) is 1. The van der Waals surface area contributed by atoms with Crippen molar-refractivity contribution in [3.63, 3.8) is 0 Å². The Morgan fingerprint density at radius 3 is 2.32 bits per heavy atom. The number of hydrogen-bond donors (Lipinski definition) is 0. The topological polar surface area (TPSA) is 26.1 Å². The Balaban J connectivity index is 2.12. The van der Waals surface area contributed by atoms with Gasteiger partial charge in [0.25, 0.3) is 0 Å². The summed E-state index contributed by atoms with van der Waals surface area (Å²) in [6.07, 6.45) is 8.62. The first kappa shape index (κ1) is 14.3. The van der Waals surface area contributed by atoms with Crippen LogP contribution in [0.3, 0.4) is 0 Å². The molecule has 0 unspecified atom stereocenters. The first-order valence-electron chi connectivity index (χ1n) is 7.66. The zero-order chi connectivity index (χ0) is 15.2. The van der Waals surface area contributed by atoms with Gasteiger partial charge in [-0.3, -0.25) is 0 Å². The molecule has 1 aliphatic heterocycles. The van der Waals surface area contributed by atoms with Gasteiger partial charge in [0.05, 0.1) is 0 Å². The first-order valence-corrected chi connectivity index (χ1v) is 7.66. The first-order chi connectivity index (χ1) is 10.8. The highest BCUT2D eigenvalue weighted by atomic mass is 16.5. The molecule has 1 aliphatic rings. The highest BCUT2D eigenvalue weighted by molar-refractivity contribution is 6.12. The van der Waals surface area contributed by atoms with E-state index in [9.17, 15) is 5.21 Å². The molecular formula is C20H19NO. The van der Waals surface area contributed by atoms with Crippen molar-refractivity contribution in [3.8, 4) is 0 Å². The maximum absolute atomic E-state index is 12.5. The molecule has 0 aromatic heterocycles. The predicted octanol–water partition coefficient (Wildman–Crippen LogP) is 4.77. The molecule has 0 saturated carbocycles. The third-order valence-electron chi connectivity index (χ3n) is 3.77. The van der Waals surface area contributed by atoms with Crippen LogP contribution in [-0.2, 0) is 0 Å². The van der Waals surface area contributed by atoms with Crippen LogP contribution < -0.4 is 0 Å². The van der Waals surface area contributed by atoms with E-state index in [-0.39, 0.29) is 0 Å². The predicted molar refractivity (Wildman–Crippen MR) is 91.6 cm³/mol. The third-order valence-corrected chi connectivity index (χ3v) is 3.77. The molecule has 2 aromatic carbocycles. The molecule has 0 saturated heterocycles. The minimum absolute atomic E-state index is 0.750. The molecule has 2 nitrogen and oxygen atoms in total. The van der Waals surface area contributed by atoms with Gasteiger partial charge < -0.3 is 5.21 Å². The largest absolute Gasteiger partial charge is 0.618 e. The van der Waals surface area contributed by atoms with Crippen LogP contribution in [0.4, 0.5) is 0 Å². The molecule has 0 spiro atoms. The molecule has 2 heteroatoms. The third kappa shape index (κ3) is 3.34. The van der Waals surface area contributed by atoms with Crippen molar-refractivity contribution < 1.29 is 4.74 Å². The van der Waals surface area contributed by atoms with Crippen LogP contribution in [0.15, 0.2) is 78.5 Å². The van der Waals surface area contributed by atoms with Gasteiger partial charge in [0.1, 0.15) is 0 Å². The molecule has 1 heterocycles. The number of hydrogen-bond acceptors (Lipinski definition) is 1. The van der Waals surface area contributed by atoms with E-state index in [1.165, 1.54) is 0 Å². The zero-order valence-electron chi connectivity index (χ0n) is 12.5. The second-order valence-corrected chi connectivity index (χ2v) is 5.40. The van der Waals surface area contributed by atoms with E-state index in [4.69, 9.17) is 0 Å². The van der Waals surface area contributed by atoms with Gasteiger partial charge in [-0.1, -0.05) is 48.5 Å². The quantitative estimate of drug-likeness (QED) is 0.578. The number of hydroxylamine groups is 1. The van der Waals surface area contributed by atoms with Gasteiger partial charge >= 0.3 is 0 Å². The maximum atomic E-state index is 12.5. The summed E-state index contributed by atoms with van der Waals surface area (Å²) in [4.78, 5) is 0. The molecule has 0 radical (unpaired) electrons. The van der Waals surface area contributed by atoms with Crippen molar-refractivity contribution >= 4 is 11.8 Å².